The average Bonchev–Trinajstić information content (AvgIpc) is 3.02. The number of alkyl halides is 3. The minimum absolute atomic E-state index is 0.0453. The zero-order valence-electron chi connectivity index (χ0n) is 18.0. The van der Waals surface area contributed by atoms with Crippen LogP contribution in [0, 0.1) is 6.92 Å². The van der Waals surface area contributed by atoms with Crippen LogP contribution in [-0.2, 0) is 15.7 Å². The van der Waals surface area contributed by atoms with Crippen LogP contribution in [0.1, 0.15) is 38.8 Å². The van der Waals surface area contributed by atoms with Crippen LogP contribution in [0.25, 0.3) is 0 Å². The number of aryl methyl sites for hydroxylation is 1. The molecule has 7 nitrogen and oxygen atoms in total. The molecule has 0 aliphatic carbocycles. The van der Waals surface area contributed by atoms with Gasteiger partial charge in [-0.15, -0.1) is 0 Å². The monoisotopic (exact) mass is 461 g/mol. The van der Waals surface area contributed by atoms with Crippen molar-refractivity contribution < 1.29 is 32.3 Å². The zero-order chi connectivity index (χ0) is 23.9. The van der Waals surface area contributed by atoms with E-state index in [-0.39, 0.29) is 16.8 Å². The van der Waals surface area contributed by atoms with Crippen molar-refractivity contribution in [3.05, 3.63) is 58.7 Å². The summed E-state index contributed by atoms with van der Waals surface area (Å²) in [6, 6.07) is 6.68. The number of benzene rings is 2. The number of carbonyl (C=O) groups is 3. The molecule has 174 valence electrons. The largest absolute Gasteiger partial charge is 0.416 e. The lowest BCUT2D eigenvalue weighted by atomic mass is 10.1. The van der Waals surface area contributed by atoms with Crippen molar-refractivity contribution in [1.29, 1.82) is 0 Å². The quantitative estimate of drug-likeness (QED) is 0.706. The van der Waals surface area contributed by atoms with Gasteiger partial charge in [0.25, 0.3) is 11.8 Å². The van der Waals surface area contributed by atoms with E-state index in [2.05, 4.69) is 5.32 Å². The predicted molar refractivity (Wildman–Crippen MR) is 114 cm³/mol. The third-order valence-electron chi connectivity index (χ3n) is 5.77. The van der Waals surface area contributed by atoms with Crippen LogP contribution in [0.5, 0.6) is 0 Å². The number of nitrogens with zero attached hydrogens (tertiary/aromatic N) is 2. The van der Waals surface area contributed by atoms with Crippen molar-refractivity contribution in [3.63, 3.8) is 0 Å². The van der Waals surface area contributed by atoms with E-state index < -0.39 is 35.5 Å². The number of amides is 3. The molecule has 2 aliphatic heterocycles. The molecule has 1 atom stereocenters. The SMILES string of the molecule is Cc1ccc2c(c1)C(=O)N([C@H](C)C(=O)Nc1cc(C(F)(F)F)ccc1N1CCOCC1)C2=O. The number of anilines is 2. The fourth-order valence-corrected chi connectivity index (χ4v) is 3.97. The van der Waals surface area contributed by atoms with E-state index >= 15 is 0 Å². The molecular weight excluding hydrogens is 439 g/mol. The fourth-order valence-electron chi connectivity index (χ4n) is 3.97. The molecule has 1 N–H and O–H groups in total. The predicted octanol–water partition coefficient (Wildman–Crippen LogP) is 3.47. The molecule has 0 radical (unpaired) electrons. The first-order chi connectivity index (χ1) is 15.6. The number of ether oxygens (including phenoxy) is 1. The average molecular weight is 461 g/mol. The van der Waals surface area contributed by atoms with Crippen LogP contribution < -0.4 is 10.2 Å². The molecule has 4 rings (SSSR count). The minimum atomic E-state index is -4.60. The Hall–Kier alpha value is -3.40. The van der Waals surface area contributed by atoms with Crippen molar-refractivity contribution >= 4 is 29.1 Å². The summed E-state index contributed by atoms with van der Waals surface area (Å²) in [6.45, 7) is 4.84. The lowest BCUT2D eigenvalue weighted by molar-refractivity contribution is -0.137. The normalized spacial score (nSPS) is 17.2. The summed E-state index contributed by atoms with van der Waals surface area (Å²) in [5.74, 6) is -2.00. The number of hydrogen-bond acceptors (Lipinski definition) is 5. The summed E-state index contributed by atoms with van der Waals surface area (Å²) in [7, 11) is 0. The number of imide groups is 1. The highest BCUT2D eigenvalue weighted by molar-refractivity contribution is 6.23. The van der Waals surface area contributed by atoms with E-state index in [1.807, 2.05) is 4.90 Å². The number of morpholine rings is 1. The van der Waals surface area contributed by atoms with E-state index in [0.717, 1.165) is 22.6 Å². The highest BCUT2D eigenvalue weighted by Crippen LogP contribution is 2.36. The Bertz CT molecular complexity index is 1130. The second kappa shape index (κ2) is 8.51. The summed E-state index contributed by atoms with van der Waals surface area (Å²) in [6.07, 6.45) is -4.60. The third-order valence-corrected chi connectivity index (χ3v) is 5.77. The minimum Gasteiger partial charge on any atom is -0.378 e. The summed E-state index contributed by atoms with van der Waals surface area (Å²) in [5.41, 5.74) is 0.624. The van der Waals surface area contributed by atoms with Gasteiger partial charge in [-0.3, -0.25) is 19.3 Å². The van der Waals surface area contributed by atoms with Crippen LogP contribution in [-0.4, -0.2) is 55.0 Å². The van der Waals surface area contributed by atoms with Crippen LogP contribution in [0.4, 0.5) is 24.5 Å². The van der Waals surface area contributed by atoms with E-state index in [0.29, 0.717) is 32.0 Å². The van der Waals surface area contributed by atoms with E-state index in [1.54, 1.807) is 19.1 Å². The summed E-state index contributed by atoms with van der Waals surface area (Å²) >= 11 is 0. The van der Waals surface area contributed by atoms with E-state index in [4.69, 9.17) is 4.74 Å². The molecule has 0 saturated carbocycles. The van der Waals surface area contributed by atoms with Gasteiger partial charge in [-0.25, -0.2) is 0 Å². The molecule has 0 bridgehead atoms. The molecule has 0 spiro atoms. The summed E-state index contributed by atoms with van der Waals surface area (Å²) in [4.78, 5) is 41.3. The second-order valence-corrected chi connectivity index (χ2v) is 8.02. The van der Waals surface area contributed by atoms with Crippen molar-refractivity contribution in [2.24, 2.45) is 0 Å². The lowest BCUT2D eigenvalue weighted by Gasteiger charge is -2.31. The Kier molecular flexibility index (Phi) is 5.87. The Labute approximate surface area is 188 Å². The summed E-state index contributed by atoms with van der Waals surface area (Å²) in [5, 5.41) is 2.51. The number of halogens is 3. The Morgan fingerprint density at radius 2 is 1.70 bits per heavy atom. The zero-order valence-corrected chi connectivity index (χ0v) is 18.0. The van der Waals surface area contributed by atoms with Crippen molar-refractivity contribution in [3.8, 4) is 0 Å². The molecular formula is C23H22F3N3O4. The molecule has 2 heterocycles. The van der Waals surface area contributed by atoms with Gasteiger partial charge in [0.1, 0.15) is 6.04 Å². The number of hydrogen-bond donors (Lipinski definition) is 1. The van der Waals surface area contributed by atoms with Crippen LogP contribution in [0.15, 0.2) is 36.4 Å². The van der Waals surface area contributed by atoms with Gasteiger partial charge in [-0.2, -0.15) is 13.2 Å². The topological polar surface area (TPSA) is 79.0 Å². The standard InChI is InChI=1S/C23H22F3N3O4/c1-13-3-5-16-17(11-13)22(32)29(21(16)31)14(2)20(30)27-18-12-15(23(24,25)26)4-6-19(18)28-7-9-33-10-8-28/h3-6,11-12,14H,7-10H2,1-2H3,(H,27,30)/t14-/m1/s1. The highest BCUT2D eigenvalue weighted by Gasteiger charge is 2.41. The van der Waals surface area contributed by atoms with Gasteiger partial charge in [0.05, 0.1) is 41.3 Å². The molecule has 2 aromatic rings. The first-order valence-corrected chi connectivity index (χ1v) is 10.4. The van der Waals surface area contributed by atoms with Gasteiger partial charge in [0.2, 0.25) is 5.91 Å². The molecule has 1 saturated heterocycles. The first kappa shape index (κ1) is 22.8. The van der Waals surface area contributed by atoms with Gasteiger partial charge in [0.15, 0.2) is 0 Å². The Morgan fingerprint density at radius 1 is 1.03 bits per heavy atom. The highest BCUT2D eigenvalue weighted by atomic mass is 19.4. The molecule has 2 aromatic carbocycles. The summed E-state index contributed by atoms with van der Waals surface area (Å²) < 4.78 is 45.3. The van der Waals surface area contributed by atoms with Gasteiger partial charge >= 0.3 is 6.18 Å². The van der Waals surface area contributed by atoms with Gasteiger partial charge in [-0.05, 0) is 44.2 Å². The van der Waals surface area contributed by atoms with Crippen molar-refractivity contribution in [2.45, 2.75) is 26.1 Å². The maximum atomic E-state index is 13.3. The van der Waals surface area contributed by atoms with Crippen LogP contribution >= 0.6 is 0 Å². The first-order valence-electron chi connectivity index (χ1n) is 10.4. The Balaban J connectivity index is 1.62. The van der Waals surface area contributed by atoms with Crippen LogP contribution in [0.2, 0.25) is 0 Å². The Morgan fingerprint density at radius 3 is 2.36 bits per heavy atom. The maximum Gasteiger partial charge on any atom is 0.416 e. The van der Waals surface area contributed by atoms with Gasteiger partial charge < -0.3 is 15.0 Å². The number of fused-ring (bicyclic) bond motifs is 1. The molecule has 2 aliphatic rings. The van der Waals surface area contributed by atoms with Crippen molar-refractivity contribution in [2.75, 3.05) is 36.5 Å². The fraction of sp³-hybridized carbons (Fsp3) is 0.348. The molecule has 10 heteroatoms. The molecule has 1 fully saturated rings. The van der Waals surface area contributed by atoms with Crippen molar-refractivity contribution in [1.82, 2.24) is 4.90 Å². The smallest absolute Gasteiger partial charge is 0.378 e. The molecule has 0 unspecified atom stereocenters. The maximum absolute atomic E-state index is 13.3. The van der Waals surface area contributed by atoms with Gasteiger partial charge in [0, 0.05) is 13.1 Å². The molecule has 3 amide bonds. The van der Waals surface area contributed by atoms with E-state index in [9.17, 15) is 27.6 Å². The number of rotatable bonds is 4. The second-order valence-electron chi connectivity index (χ2n) is 8.02. The van der Waals surface area contributed by atoms with Crippen LogP contribution in [0.3, 0.4) is 0 Å². The van der Waals surface area contributed by atoms with E-state index in [1.165, 1.54) is 19.1 Å². The molecule has 33 heavy (non-hydrogen) atoms. The number of nitrogens with one attached hydrogen (secondary N) is 1. The third kappa shape index (κ3) is 4.30. The lowest BCUT2D eigenvalue weighted by Crippen LogP contribution is -2.45. The number of carbonyl (C=O) groups excluding carboxylic acids is 3. The van der Waals surface area contributed by atoms with Gasteiger partial charge in [-0.1, -0.05) is 11.6 Å². The molecule has 0 aromatic heterocycles.